The summed E-state index contributed by atoms with van der Waals surface area (Å²) in [6.07, 6.45) is 0. The van der Waals surface area contributed by atoms with Gasteiger partial charge >= 0.3 is 5.97 Å². The Morgan fingerprint density at radius 3 is 2.23 bits per heavy atom. The van der Waals surface area contributed by atoms with Crippen LogP contribution in [0.3, 0.4) is 0 Å². The summed E-state index contributed by atoms with van der Waals surface area (Å²) in [5, 5.41) is 9.46. The molecule has 0 spiro atoms. The topological polar surface area (TPSA) is 66.8 Å². The van der Waals surface area contributed by atoms with Crippen LogP contribution in [0.2, 0.25) is 0 Å². The highest BCUT2D eigenvalue weighted by molar-refractivity contribution is 6.16. The van der Waals surface area contributed by atoms with E-state index in [1.165, 1.54) is 13.2 Å². The number of benzene rings is 2. The van der Waals surface area contributed by atoms with Gasteiger partial charge in [0.15, 0.2) is 5.78 Å². The maximum absolute atomic E-state index is 12.7. The molecule has 0 amide bonds. The van der Waals surface area contributed by atoms with E-state index in [1.807, 2.05) is 0 Å². The summed E-state index contributed by atoms with van der Waals surface area (Å²) < 4.78 is 5.26. The molecule has 0 atom stereocenters. The van der Waals surface area contributed by atoms with Gasteiger partial charge in [0.2, 0.25) is 0 Å². The Bertz CT molecular complexity index is 708. The maximum Gasteiger partial charge on any atom is 0.336 e. The second kappa shape index (κ2) is 6.30. The number of anilines is 1. The van der Waals surface area contributed by atoms with Crippen molar-refractivity contribution in [2.45, 2.75) is 0 Å². The number of carboxylic acid groups (broad SMARTS) is 1. The Hall–Kier alpha value is -2.82. The minimum Gasteiger partial charge on any atom is -0.496 e. The molecular weight excluding hydrogens is 282 g/mol. The van der Waals surface area contributed by atoms with Crippen LogP contribution in [0.15, 0.2) is 42.5 Å². The zero-order valence-corrected chi connectivity index (χ0v) is 12.7. The Morgan fingerprint density at radius 1 is 1.09 bits per heavy atom. The summed E-state index contributed by atoms with van der Waals surface area (Å²) >= 11 is 0. The van der Waals surface area contributed by atoms with E-state index in [-0.39, 0.29) is 22.7 Å². The number of ketones is 1. The fourth-order valence-corrected chi connectivity index (χ4v) is 2.16. The molecule has 2 rings (SSSR count). The second-order valence-electron chi connectivity index (χ2n) is 4.97. The van der Waals surface area contributed by atoms with Gasteiger partial charge in [0.05, 0.1) is 18.2 Å². The van der Waals surface area contributed by atoms with Crippen LogP contribution in [0.25, 0.3) is 0 Å². The fourth-order valence-electron chi connectivity index (χ4n) is 2.16. The summed E-state index contributed by atoms with van der Waals surface area (Å²) in [7, 11) is 5.00. The highest BCUT2D eigenvalue weighted by Gasteiger charge is 2.24. The summed E-state index contributed by atoms with van der Waals surface area (Å²) in [5.41, 5.74) is 1.06. The van der Waals surface area contributed by atoms with Crippen molar-refractivity contribution in [2.24, 2.45) is 0 Å². The largest absolute Gasteiger partial charge is 0.496 e. The molecule has 5 nitrogen and oxygen atoms in total. The van der Waals surface area contributed by atoms with E-state index in [9.17, 15) is 14.7 Å². The van der Waals surface area contributed by atoms with Crippen LogP contribution in [0.4, 0.5) is 5.69 Å². The van der Waals surface area contributed by atoms with Crippen LogP contribution in [-0.2, 0) is 0 Å². The molecule has 114 valence electrons. The molecule has 0 aliphatic carbocycles. The van der Waals surface area contributed by atoms with Crippen molar-refractivity contribution in [3.63, 3.8) is 0 Å². The van der Waals surface area contributed by atoms with Gasteiger partial charge in [0.25, 0.3) is 0 Å². The van der Waals surface area contributed by atoms with E-state index >= 15 is 0 Å². The van der Waals surface area contributed by atoms with Gasteiger partial charge in [-0.2, -0.15) is 0 Å². The van der Waals surface area contributed by atoms with Gasteiger partial charge in [-0.05, 0) is 6.07 Å². The number of aromatic carboxylic acids is 1. The standard InChI is InChI=1S/C17H17NO4/c1-18(2)12-9-13(17(20)21)15(14(10-12)22-3)16(19)11-7-5-4-6-8-11/h4-10H,1-3H3,(H,20,21). The lowest BCUT2D eigenvalue weighted by molar-refractivity contribution is 0.0692. The monoisotopic (exact) mass is 299 g/mol. The minimum atomic E-state index is -1.17. The number of rotatable bonds is 5. The molecule has 0 aliphatic rings. The number of carboxylic acids is 1. The Kier molecular flexibility index (Phi) is 4.46. The van der Waals surface area contributed by atoms with Gasteiger partial charge in [-0.15, -0.1) is 0 Å². The number of hydrogen-bond acceptors (Lipinski definition) is 4. The van der Waals surface area contributed by atoms with Crippen molar-refractivity contribution in [1.82, 2.24) is 0 Å². The van der Waals surface area contributed by atoms with Crippen LogP contribution in [0, 0.1) is 0 Å². The maximum atomic E-state index is 12.7. The number of hydrogen-bond donors (Lipinski definition) is 1. The summed E-state index contributed by atoms with van der Waals surface area (Å²) in [6.45, 7) is 0. The Morgan fingerprint density at radius 2 is 1.73 bits per heavy atom. The number of methoxy groups -OCH3 is 1. The highest BCUT2D eigenvalue weighted by Crippen LogP contribution is 2.31. The molecule has 0 unspecified atom stereocenters. The first kappa shape index (κ1) is 15.6. The van der Waals surface area contributed by atoms with Crippen LogP contribution >= 0.6 is 0 Å². The van der Waals surface area contributed by atoms with Crippen molar-refractivity contribution in [2.75, 3.05) is 26.1 Å². The molecule has 0 radical (unpaired) electrons. The van der Waals surface area contributed by atoms with Gasteiger partial charge in [-0.3, -0.25) is 4.79 Å². The molecule has 0 saturated carbocycles. The minimum absolute atomic E-state index is 0.0619. The fraction of sp³-hybridized carbons (Fsp3) is 0.176. The van der Waals surface area contributed by atoms with Gasteiger partial charge < -0.3 is 14.7 Å². The van der Waals surface area contributed by atoms with Crippen molar-refractivity contribution in [1.29, 1.82) is 0 Å². The lowest BCUT2D eigenvalue weighted by Gasteiger charge is -2.18. The van der Waals surface area contributed by atoms with Gasteiger partial charge in [0.1, 0.15) is 5.75 Å². The average molecular weight is 299 g/mol. The SMILES string of the molecule is COc1cc(N(C)C)cc(C(=O)O)c1C(=O)c1ccccc1. The zero-order valence-electron chi connectivity index (χ0n) is 12.7. The Balaban J connectivity index is 2.68. The predicted molar refractivity (Wildman–Crippen MR) is 84.2 cm³/mol. The van der Waals surface area contributed by atoms with Gasteiger partial charge in [0, 0.05) is 31.4 Å². The molecular formula is C17H17NO4. The van der Waals surface area contributed by atoms with E-state index in [4.69, 9.17) is 4.74 Å². The quantitative estimate of drug-likeness (QED) is 0.860. The normalized spacial score (nSPS) is 10.1. The van der Waals surface area contributed by atoms with Crippen LogP contribution < -0.4 is 9.64 Å². The molecule has 0 fully saturated rings. The zero-order chi connectivity index (χ0) is 16.3. The van der Waals surface area contributed by atoms with Crippen molar-refractivity contribution in [3.8, 4) is 5.75 Å². The van der Waals surface area contributed by atoms with E-state index in [1.54, 1.807) is 55.4 Å². The molecule has 0 bridgehead atoms. The second-order valence-corrected chi connectivity index (χ2v) is 4.97. The summed E-state index contributed by atoms with van der Waals surface area (Å²) in [5.74, 6) is -1.29. The van der Waals surface area contributed by atoms with Gasteiger partial charge in [-0.1, -0.05) is 30.3 Å². The average Bonchev–Trinajstić information content (AvgIpc) is 2.53. The van der Waals surface area contributed by atoms with E-state index < -0.39 is 5.97 Å². The molecule has 2 aromatic carbocycles. The number of carbonyl (C=O) groups excluding carboxylic acids is 1. The third-order valence-corrected chi connectivity index (χ3v) is 3.32. The molecule has 2 aromatic rings. The molecule has 0 aliphatic heterocycles. The molecule has 0 saturated heterocycles. The lowest BCUT2D eigenvalue weighted by atomic mass is 9.96. The first-order chi connectivity index (χ1) is 10.5. The van der Waals surface area contributed by atoms with Crippen LogP contribution in [0.5, 0.6) is 5.75 Å². The van der Waals surface area contributed by atoms with Crippen molar-refractivity contribution in [3.05, 3.63) is 59.2 Å². The third-order valence-electron chi connectivity index (χ3n) is 3.32. The van der Waals surface area contributed by atoms with Crippen molar-refractivity contribution < 1.29 is 19.4 Å². The molecule has 0 heterocycles. The number of ether oxygens (including phenoxy) is 1. The lowest BCUT2D eigenvalue weighted by Crippen LogP contribution is -2.15. The molecule has 0 aromatic heterocycles. The smallest absolute Gasteiger partial charge is 0.336 e. The van der Waals surface area contributed by atoms with Crippen molar-refractivity contribution >= 4 is 17.4 Å². The predicted octanol–water partition coefficient (Wildman–Crippen LogP) is 2.69. The third kappa shape index (κ3) is 2.93. The highest BCUT2D eigenvalue weighted by atomic mass is 16.5. The molecule has 5 heteroatoms. The molecule has 22 heavy (non-hydrogen) atoms. The van der Waals surface area contributed by atoms with E-state index in [0.29, 0.717) is 11.3 Å². The summed E-state index contributed by atoms with van der Waals surface area (Å²) in [6, 6.07) is 11.7. The summed E-state index contributed by atoms with van der Waals surface area (Å²) in [4.78, 5) is 26.0. The number of nitrogens with zero attached hydrogens (tertiary/aromatic N) is 1. The van der Waals surface area contributed by atoms with E-state index in [0.717, 1.165) is 0 Å². The van der Waals surface area contributed by atoms with Gasteiger partial charge in [-0.25, -0.2) is 4.79 Å². The Labute approximate surface area is 128 Å². The molecule has 1 N–H and O–H groups in total. The van der Waals surface area contributed by atoms with Crippen LogP contribution in [-0.4, -0.2) is 38.1 Å². The van der Waals surface area contributed by atoms with Crippen LogP contribution in [0.1, 0.15) is 26.3 Å². The van der Waals surface area contributed by atoms with E-state index in [2.05, 4.69) is 0 Å². The first-order valence-corrected chi connectivity index (χ1v) is 6.68. The number of carbonyl (C=O) groups is 2. The first-order valence-electron chi connectivity index (χ1n) is 6.68.